The van der Waals surface area contributed by atoms with Gasteiger partial charge in [-0.2, -0.15) is 0 Å². The molecule has 2 N–H and O–H groups in total. The van der Waals surface area contributed by atoms with E-state index in [4.69, 9.17) is 0 Å². The molecular weight excluding hydrogens is 258 g/mol. The molecule has 1 aromatic rings. The van der Waals surface area contributed by atoms with Crippen molar-refractivity contribution in [1.29, 1.82) is 0 Å². The lowest BCUT2D eigenvalue weighted by atomic mass is 9.93. The number of nitrogens with one attached hydrogen (secondary N) is 2. The van der Waals surface area contributed by atoms with Gasteiger partial charge in [-0.1, -0.05) is 13.3 Å². The van der Waals surface area contributed by atoms with Gasteiger partial charge in [-0.15, -0.1) is 11.3 Å². The summed E-state index contributed by atoms with van der Waals surface area (Å²) in [5.41, 5.74) is 0. The Labute approximate surface area is 118 Å². The van der Waals surface area contributed by atoms with Gasteiger partial charge in [-0.3, -0.25) is 4.79 Å². The maximum atomic E-state index is 12.3. The molecule has 1 amide bonds. The highest BCUT2D eigenvalue weighted by Crippen LogP contribution is 2.37. The molecule has 1 aliphatic carbocycles. The van der Waals surface area contributed by atoms with Crippen molar-refractivity contribution in [2.45, 2.75) is 38.1 Å². The van der Waals surface area contributed by atoms with E-state index in [0.717, 1.165) is 17.5 Å². The van der Waals surface area contributed by atoms with Gasteiger partial charge in [0.1, 0.15) is 0 Å². The molecule has 4 unspecified atom stereocenters. The van der Waals surface area contributed by atoms with Gasteiger partial charge in [0.2, 0.25) is 5.91 Å². The summed E-state index contributed by atoms with van der Waals surface area (Å²) < 4.78 is 0. The predicted octanol–water partition coefficient (Wildman–Crippen LogP) is 1.75. The first-order valence-corrected chi connectivity index (χ1v) is 8.04. The molecule has 0 aromatic carbocycles. The topological polar surface area (TPSA) is 54.0 Å². The number of nitrogens with zero attached hydrogens (tertiary/aromatic N) is 1. The molecule has 2 heterocycles. The molecule has 0 spiro atoms. The van der Waals surface area contributed by atoms with Crippen LogP contribution in [-0.4, -0.2) is 30.0 Å². The number of rotatable bonds is 4. The lowest BCUT2D eigenvalue weighted by Gasteiger charge is -2.19. The fourth-order valence-electron chi connectivity index (χ4n) is 3.40. The normalized spacial score (nSPS) is 31.1. The maximum absolute atomic E-state index is 12.3. The van der Waals surface area contributed by atoms with E-state index in [-0.39, 0.29) is 11.9 Å². The summed E-state index contributed by atoms with van der Waals surface area (Å²) in [6, 6.07) is 0.0380. The van der Waals surface area contributed by atoms with Crippen molar-refractivity contribution in [3.05, 3.63) is 16.6 Å². The van der Waals surface area contributed by atoms with E-state index in [9.17, 15) is 4.79 Å². The zero-order chi connectivity index (χ0) is 13.2. The van der Waals surface area contributed by atoms with Crippen molar-refractivity contribution in [2.24, 2.45) is 11.8 Å². The van der Waals surface area contributed by atoms with Crippen LogP contribution >= 0.6 is 11.3 Å². The van der Waals surface area contributed by atoms with E-state index < -0.39 is 0 Å². The van der Waals surface area contributed by atoms with Crippen LogP contribution in [0.5, 0.6) is 0 Å². The predicted molar refractivity (Wildman–Crippen MR) is 76.2 cm³/mol. The fourth-order valence-corrected chi connectivity index (χ4v) is 4.10. The zero-order valence-electron chi connectivity index (χ0n) is 11.3. The van der Waals surface area contributed by atoms with Crippen molar-refractivity contribution < 1.29 is 4.79 Å². The van der Waals surface area contributed by atoms with Crippen LogP contribution in [0.3, 0.4) is 0 Å². The van der Waals surface area contributed by atoms with E-state index in [1.54, 1.807) is 11.3 Å². The highest BCUT2D eigenvalue weighted by Gasteiger charge is 2.42. The highest BCUT2D eigenvalue weighted by atomic mass is 32.1. The first-order valence-electron chi connectivity index (χ1n) is 7.16. The summed E-state index contributed by atoms with van der Waals surface area (Å²) in [5, 5.41) is 9.56. The van der Waals surface area contributed by atoms with Gasteiger partial charge in [-0.05, 0) is 31.2 Å². The third-order valence-electron chi connectivity index (χ3n) is 4.48. The smallest absolute Gasteiger partial charge is 0.237 e. The minimum Gasteiger partial charge on any atom is -0.354 e. The van der Waals surface area contributed by atoms with E-state index in [0.29, 0.717) is 18.4 Å². The van der Waals surface area contributed by atoms with Crippen molar-refractivity contribution in [2.75, 3.05) is 13.1 Å². The van der Waals surface area contributed by atoms with Crippen LogP contribution in [0.2, 0.25) is 0 Å². The van der Waals surface area contributed by atoms with Crippen LogP contribution in [-0.2, 0) is 4.79 Å². The molecule has 0 radical (unpaired) electrons. The molecule has 4 atom stereocenters. The summed E-state index contributed by atoms with van der Waals surface area (Å²) >= 11 is 1.65. The lowest BCUT2D eigenvalue weighted by Crippen LogP contribution is -2.44. The molecule has 4 nitrogen and oxygen atoms in total. The first kappa shape index (κ1) is 13.1. The molecule has 2 aliphatic rings. The Hall–Kier alpha value is -0.940. The summed E-state index contributed by atoms with van der Waals surface area (Å²) in [4.78, 5) is 16.6. The van der Waals surface area contributed by atoms with Gasteiger partial charge < -0.3 is 10.6 Å². The van der Waals surface area contributed by atoms with Gasteiger partial charge in [0.25, 0.3) is 0 Å². The molecule has 104 valence electrons. The fraction of sp³-hybridized carbons (Fsp3) is 0.714. The monoisotopic (exact) mass is 279 g/mol. The Kier molecular flexibility index (Phi) is 3.84. The highest BCUT2D eigenvalue weighted by molar-refractivity contribution is 7.09. The van der Waals surface area contributed by atoms with Crippen LogP contribution < -0.4 is 10.6 Å². The number of amides is 1. The average molecular weight is 279 g/mol. The number of fused-ring (bicyclic) bond motifs is 1. The van der Waals surface area contributed by atoms with Crippen molar-refractivity contribution in [1.82, 2.24) is 15.6 Å². The van der Waals surface area contributed by atoms with E-state index in [1.165, 1.54) is 19.3 Å². The molecule has 1 saturated carbocycles. The molecule has 0 bridgehead atoms. The Balaban J connectivity index is 1.51. The summed E-state index contributed by atoms with van der Waals surface area (Å²) in [5.74, 6) is 1.77. The molecule has 1 aliphatic heterocycles. The van der Waals surface area contributed by atoms with Crippen LogP contribution in [0.25, 0.3) is 0 Å². The minimum atomic E-state index is 0.0380. The van der Waals surface area contributed by atoms with Gasteiger partial charge in [0.05, 0.1) is 11.0 Å². The number of aromatic nitrogens is 1. The van der Waals surface area contributed by atoms with Gasteiger partial charge in [-0.25, -0.2) is 4.98 Å². The molecule has 2 fully saturated rings. The third-order valence-corrected chi connectivity index (χ3v) is 5.49. The van der Waals surface area contributed by atoms with Crippen molar-refractivity contribution in [3.63, 3.8) is 0 Å². The van der Waals surface area contributed by atoms with Crippen molar-refractivity contribution >= 4 is 17.2 Å². The number of carbonyl (C=O) groups excluding carboxylic acids is 1. The SMILES string of the molecule is CC(CNC(=O)C1NCC2CCCC21)c1nccs1. The van der Waals surface area contributed by atoms with E-state index in [2.05, 4.69) is 22.5 Å². The lowest BCUT2D eigenvalue weighted by molar-refractivity contribution is -0.123. The standard InChI is InChI=1S/C14H21N3OS/c1-9(14-15-5-6-19-14)7-17-13(18)12-11-4-2-3-10(11)8-16-12/h5-6,9-12,16H,2-4,7-8H2,1H3,(H,17,18). The van der Waals surface area contributed by atoms with Gasteiger partial charge >= 0.3 is 0 Å². The number of carbonyl (C=O) groups is 1. The summed E-state index contributed by atoms with van der Waals surface area (Å²) in [6.07, 6.45) is 5.60. The first-order chi connectivity index (χ1) is 9.25. The Morgan fingerprint density at radius 3 is 3.32 bits per heavy atom. The molecular formula is C14H21N3OS. The Morgan fingerprint density at radius 1 is 1.63 bits per heavy atom. The molecule has 1 saturated heterocycles. The molecule has 5 heteroatoms. The second-order valence-corrected chi connectivity index (χ2v) is 6.68. The second kappa shape index (κ2) is 5.59. The van der Waals surface area contributed by atoms with Crippen LogP contribution in [0, 0.1) is 11.8 Å². The average Bonchev–Trinajstić information content (AvgIpc) is 3.10. The molecule has 3 rings (SSSR count). The van der Waals surface area contributed by atoms with Gasteiger partial charge in [0, 0.05) is 24.0 Å². The maximum Gasteiger partial charge on any atom is 0.237 e. The van der Waals surface area contributed by atoms with Crippen molar-refractivity contribution in [3.8, 4) is 0 Å². The Morgan fingerprint density at radius 2 is 2.53 bits per heavy atom. The molecule has 1 aromatic heterocycles. The van der Waals surface area contributed by atoms with Gasteiger partial charge in [0.15, 0.2) is 0 Å². The number of hydrogen-bond donors (Lipinski definition) is 2. The summed E-state index contributed by atoms with van der Waals surface area (Å²) in [7, 11) is 0. The second-order valence-electron chi connectivity index (χ2n) is 5.76. The Bertz CT molecular complexity index is 434. The quantitative estimate of drug-likeness (QED) is 0.883. The molecule has 19 heavy (non-hydrogen) atoms. The van der Waals surface area contributed by atoms with Crippen LogP contribution in [0.15, 0.2) is 11.6 Å². The van der Waals surface area contributed by atoms with E-state index >= 15 is 0 Å². The number of thiazole rings is 1. The van der Waals surface area contributed by atoms with E-state index in [1.807, 2.05) is 11.6 Å². The van der Waals surface area contributed by atoms with Crippen LogP contribution in [0.4, 0.5) is 0 Å². The zero-order valence-corrected chi connectivity index (χ0v) is 12.1. The van der Waals surface area contributed by atoms with Crippen LogP contribution in [0.1, 0.15) is 37.1 Å². The largest absolute Gasteiger partial charge is 0.354 e. The third kappa shape index (κ3) is 2.67. The summed E-state index contributed by atoms with van der Waals surface area (Å²) in [6.45, 7) is 3.81. The minimum absolute atomic E-state index is 0.0380. The number of hydrogen-bond acceptors (Lipinski definition) is 4.